The fraction of sp³-hybridized carbons (Fsp3) is 0.314. The predicted molar refractivity (Wildman–Crippen MR) is 168 cm³/mol. The number of likely N-dealkylation sites (tertiary alicyclic amines) is 1. The molecule has 230 valence electrons. The van der Waals surface area contributed by atoms with Gasteiger partial charge in [-0.3, -0.25) is 4.90 Å². The van der Waals surface area contributed by atoms with Crippen LogP contribution in [0.3, 0.4) is 0 Å². The summed E-state index contributed by atoms with van der Waals surface area (Å²) < 4.78 is 41.4. The predicted octanol–water partition coefficient (Wildman–Crippen LogP) is 4.94. The van der Waals surface area contributed by atoms with Crippen LogP contribution in [-0.2, 0) is 32.6 Å². The van der Waals surface area contributed by atoms with Gasteiger partial charge in [-0.1, -0.05) is 91.0 Å². The van der Waals surface area contributed by atoms with Crippen molar-refractivity contribution in [2.45, 2.75) is 55.5 Å². The van der Waals surface area contributed by atoms with Crippen molar-refractivity contribution in [2.75, 3.05) is 19.6 Å². The summed E-state index contributed by atoms with van der Waals surface area (Å²) in [6.07, 6.45) is 0.320. The van der Waals surface area contributed by atoms with Crippen molar-refractivity contribution in [3.05, 3.63) is 125 Å². The van der Waals surface area contributed by atoms with Gasteiger partial charge in [0.05, 0.1) is 29.8 Å². The average molecular weight is 615 g/mol. The highest BCUT2D eigenvalue weighted by Gasteiger charge is 2.34. The summed E-state index contributed by atoms with van der Waals surface area (Å²) in [5.41, 5.74) is 5.53. The largest absolute Gasteiger partial charge is 0.392 e. The van der Waals surface area contributed by atoms with E-state index in [1.54, 1.807) is 30.3 Å². The number of benzene rings is 4. The maximum atomic E-state index is 12.8. The zero-order chi connectivity index (χ0) is 30.5. The molecule has 0 unspecified atom stereocenters. The van der Waals surface area contributed by atoms with E-state index in [1.807, 2.05) is 72.8 Å². The molecule has 0 spiro atoms. The van der Waals surface area contributed by atoms with Gasteiger partial charge in [0.1, 0.15) is 0 Å². The van der Waals surface area contributed by atoms with Crippen molar-refractivity contribution in [1.29, 1.82) is 0 Å². The Morgan fingerprint density at radius 3 is 2.25 bits per heavy atom. The van der Waals surface area contributed by atoms with E-state index in [-0.39, 0.29) is 36.4 Å². The Balaban J connectivity index is 1.20. The molecular weight excluding hydrogens is 576 g/mol. The molecule has 2 fully saturated rings. The smallest absolute Gasteiger partial charge is 0.240 e. The van der Waals surface area contributed by atoms with Crippen LogP contribution in [0.1, 0.15) is 47.5 Å². The molecule has 0 aliphatic carbocycles. The topological polar surface area (TPSA) is 108 Å². The highest BCUT2D eigenvalue weighted by atomic mass is 32.2. The number of nitrogens with zero attached hydrogens (tertiary/aromatic N) is 1. The summed E-state index contributed by atoms with van der Waals surface area (Å²) in [4.78, 5) is 2.48. The number of aliphatic hydroxyl groups is 2. The molecule has 0 amide bonds. The second kappa shape index (κ2) is 13.7. The molecule has 2 aliphatic rings. The van der Waals surface area contributed by atoms with Crippen LogP contribution in [0.25, 0.3) is 11.1 Å². The fourth-order valence-electron chi connectivity index (χ4n) is 5.93. The summed E-state index contributed by atoms with van der Waals surface area (Å²) in [7, 11) is -3.64. The van der Waals surface area contributed by atoms with E-state index in [4.69, 9.17) is 9.47 Å². The van der Waals surface area contributed by atoms with E-state index >= 15 is 0 Å². The molecule has 2 saturated heterocycles. The lowest BCUT2D eigenvalue weighted by Gasteiger charge is -2.38. The number of rotatable bonds is 10. The molecule has 0 aromatic heterocycles. The summed E-state index contributed by atoms with van der Waals surface area (Å²) in [6, 6.07) is 32.0. The molecule has 44 heavy (non-hydrogen) atoms. The van der Waals surface area contributed by atoms with Gasteiger partial charge in [-0.2, -0.15) is 0 Å². The highest BCUT2D eigenvalue weighted by molar-refractivity contribution is 7.89. The normalized spacial score (nSPS) is 22.7. The lowest BCUT2D eigenvalue weighted by atomic mass is 9.97. The maximum absolute atomic E-state index is 12.8. The van der Waals surface area contributed by atoms with Gasteiger partial charge in [0.2, 0.25) is 10.0 Å². The Kier molecular flexibility index (Phi) is 9.53. The van der Waals surface area contributed by atoms with Crippen LogP contribution in [0, 0.1) is 0 Å². The van der Waals surface area contributed by atoms with Gasteiger partial charge in [-0.25, -0.2) is 13.1 Å². The molecule has 0 bridgehead atoms. The fourth-order valence-corrected chi connectivity index (χ4v) is 6.96. The summed E-state index contributed by atoms with van der Waals surface area (Å²) in [5.74, 6) is 0. The third-order valence-electron chi connectivity index (χ3n) is 8.34. The van der Waals surface area contributed by atoms with Crippen molar-refractivity contribution < 1.29 is 28.1 Å². The van der Waals surface area contributed by atoms with Crippen LogP contribution >= 0.6 is 0 Å². The van der Waals surface area contributed by atoms with Crippen LogP contribution in [0.4, 0.5) is 0 Å². The first-order valence-electron chi connectivity index (χ1n) is 15.0. The standard InChI is InChI=1S/C35H38N2O6S/c38-24-25-10-12-27(13-11-25)34-20-31(23-37-19-18-30(39)22-37)42-35(43-34)28-16-14-26(15-17-28)33-9-5-4-6-29(33)21-36-44(40,41)32-7-2-1-3-8-32/h1-17,30-31,34-36,38-39H,18-24H2/t30-,31+,34-,35-/m0/s1. The van der Waals surface area contributed by atoms with Crippen LogP contribution in [-0.4, -0.2) is 55.4 Å². The number of hydrogen-bond donors (Lipinski definition) is 3. The number of nitrogens with one attached hydrogen (secondary N) is 1. The third-order valence-corrected chi connectivity index (χ3v) is 9.76. The van der Waals surface area contributed by atoms with Gasteiger partial charge < -0.3 is 19.7 Å². The van der Waals surface area contributed by atoms with E-state index in [0.717, 1.165) is 46.3 Å². The lowest BCUT2D eigenvalue weighted by Crippen LogP contribution is -2.38. The maximum Gasteiger partial charge on any atom is 0.240 e. The molecule has 4 aromatic carbocycles. The minimum atomic E-state index is -3.64. The SMILES string of the molecule is O=S(=O)(NCc1ccccc1-c1ccc([C@H]2O[C@@H](CN3CC[C@H](O)C3)C[C@@H](c3ccc(CO)cc3)O2)cc1)c1ccccc1. The summed E-state index contributed by atoms with van der Waals surface area (Å²) >= 11 is 0. The van der Waals surface area contributed by atoms with Crippen LogP contribution < -0.4 is 4.72 Å². The zero-order valence-electron chi connectivity index (χ0n) is 24.5. The second-order valence-electron chi connectivity index (χ2n) is 11.5. The van der Waals surface area contributed by atoms with Crippen molar-refractivity contribution in [3.63, 3.8) is 0 Å². The third kappa shape index (κ3) is 7.27. The molecule has 0 saturated carbocycles. The molecule has 8 nitrogen and oxygen atoms in total. The first-order valence-corrected chi connectivity index (χ1v) is 16.5. The lowest BCUT2D eigenvalue weighted by molar-refractivity contribution is -0.252. The summed E-state index contributed by atoms with van der Waals surface area (Å²) in [5, 5.41) is 19.5. The molecule has 2 heterocycles. The Morgan fingerprint density at radius 1 is 0.841 bits per heavy atom. The molecule has 0 radical (unpaired) electrons. The molecule has 3 N–H and O–H groups in total. The number of β-amino-alcohol motifs (C(OH)–C–C–N with tert-alkyl or cyclic N) is 1. The van der Waals surface area contributed by atoms with Crippen molar-refractivity contribution in [2.24, 2.45) is 0 Å². The molecule has 4 atom stereocenters. The monoisotopic (exact) mass is 614 g/mol. The number of ether oxygens (including phenoxy) is 2. The minimum absolute atomic E-state index is 0.00811. The average Bonchev–Trinajstić information content (AvgIpc) is 3.48. The van der Waals surface area contributed by atoms with E-state index in [0.29, 0.717) is 19.5 Å². The van der Waals surface area contributed by atoms with Crippen molar-refractivity contribution >= 4 is 10.0 Å². The van der Waals surface area contributed by atoms with Crippen molar-refractivity contribution in [3.8, 4) is 11.1 Å². The Labute approximate surface area is 258 Å². The van der Waals surface area contributed by atoms with Crippen LogP contribution in [0.15, 0.2) is 108 Å². The van der Waals surface area contributed by atoms with Gasteiger partial charge in [-0.05, 0) is 46.4 Å². The quantitative estimate of drug-likeness (QED) is 0.232. The summed E-state index contributed by atoms with van der Waals surface area (Å²) in [6.45, 7) is 2.36. The van der Waals surface area contributed by atoms with E-state index < -0.39 is 16.3 Å². The first-order chi connectivity index (χ1) is 21.4. The zero-order valence-corrected chi connectivity index (χ0v) is 25.3. The molecule has 4 aromatic rings. The Bertz CT molecular complexity index is 1630. The van der Waals surface area contributed by atoms with E-state index in [2.05, 4.69) is 9.62 Å². The van der Waals surface area contributed by atoms with Gasteiger partial charge in [0, 0.05) is 38.2 Å². The van der Waals surface area contributed by atoms with E-state index in [9.17, 15) is 18.6 Å². The van der Waals surface area contributed by atoms with Crippen LogP contribution in [0.2, 0.25) is 0 Å². The first kappa shape index (κ1) is 30.6. The molecule has 9 heteroatoms. The number of sulfonamides is 1. The van der Waals surface area contributed by atoms with E-state index in [1.165, 1.54) is 0 Å². The van der Waals surface area contributed by atoms with Gasteiger partial charge in [0.25, 0.3) is 0 Å². The van der Waals surface area contributed by atoms with Gasteiger partial charge in [0.15, 0.2) is 6.29 Å². The second-order valence-corrected chi connectivity index (χ2v) is 13.2. The van der Waals surface area contributed by atoms with Crippen molar-refractivity contribution in [1.82, 2.24) is 9.62 Å². The van der Waals surface area contributed by atoms with Gasteiger partial charge in [-0.15, -0.1) is 0 Å². The Morgan fingerprint density at radius 2 is 1.55 bits per heavy atom. The minimum Gasteiger partial charge on any atom is -0.392 e. The highest BCUT2D eigenvalue weighted by Crippen LogP contribution is 2.39. The molecule has 2 aliphatic heterocycles. The Hall–Kier alpha value is -3.41. The molecule has 6 rings (SSSR count). The van der Waals surface area contributed by atoms with Gasteiger partial charge >= 0.3 is 0 Å². The number of hydrogen-bond acceptors (Lipinski definition) is 7. The van der Waals surface area contributed by atoms with Crippen LogP contribution in [0.5, 0.6) is 0 Å². The molecular formula is C35H38N2O6S. The number of aliphatic hydroxyl groups excluding tert-OH is 2.